The van der Waals surface area contributed by atoms with Gasteiger partial charge in [0.15, 0.2) is 6.61 Å². The molecule has 8 nitrogen and oxygen atoms in total. The van der Waals surface area contributed by atoms with Crippen LogP contribution >= 0.6 is 0 Å². The molecule has 3 aromatic rings. The summed E-state index contributed by atoms with van der Waals surface area (Å²) in [5.74, 6) is -1.12. The van der Waals surface area contributed by atoms with Crippen LogP contribution in [0, 0.1) is 5.92 Å². The highest BCUT2D eigenvalue weighted by Gasteiger charge is 2.43. The third-order valence-electron chi connectivity index (χ3n) is 4.94. The summed E-state index contributed by atoms with van der Waals surface area (Å²) >= 11 is 0. The highest BCUT2D eigenvalue weighted by Crippen LogP contribution is 2.27. The van der Waals surface area contributed by atoms with E-state index in [1.807, 2.05) is 44.2 Å². The fourth-order valence-corrected chi connectivity index (χ4v) is 3.49. The van der Waals surface area contributed by atoms with Gasteiger partial charge < -0.3 is 9.26 Å². The number of nitrogens with zero attached hydrogens (tertiary/aromatic N) is 3. The van der Waals surface area contributed by atoms with Crippen LogP contribution in [0.1, 0.15) is 46.9 Å². The number of ether oxygens (including phenoxy) is 1. The number of aromatic nitrogens is 2. The monoisotopic (exact) mass is 419 g/mol. The smallest absolute Gasteiger partial charge is 0.329 e. The zero-order chi connectivity index (χ0) is 22.0. The van der Waals surface area contributed by atoms with Crippen molar-refractivity contribution in [3.05, 3.63) is 71.6 Å². The predicted molar refractivity (Wildman–Crippen MR) is 110 cm³/mol. The first-order valence-electron chi connectivity index (χ1n) is 9.97. The van der Waals surface area contributed by atoms with Crippen molar-refractivity contribution in [1.82, 2.24) is 15.0 Å². The molecule has 1 aliphatic heterocycles. The zero-order valence-corrected chi connectivity index (χ0v) is 17.1. The topological polar surface area (TPSA) is 103 Å². The molecule has 4 rings (SSSR count). The molecular formula is C23H21N3O5. The zero-order valence-electron chi connectivity index (χ0n) is 17.1. The molecule has 31 heavy (non-hydrogen) atoms. The highest BCUT2D eigenvalue weighted by molar-refractivity contribution is 6.22. The van der Waals surface area contributed by atoms with Gasteiger partial charge in [-0.25, -0.2) is 4.79 Å². The fourth-order valence-electron chi connectivity index (χ4n) is 3.49. The summed E-state index contributed by atoms with van der Waals surface area (Å²) in [6.45, 7) is 3.56. The summed E-state index contributed by atoms with van der Waals surface area (Å²) in [7, 11) is 0. The molecule has 1 aliphatic rings. The number of carbonyl (C=O) groups is 3. The van der Waals surface area contributed by atoms with E-state index in [4.69, 9.17) is 9.26 Å². The van der Waals surface area contributed by atoms with Crippen molar-refractivity contribution < 1.29 is 23.6 Å². The second-order valence-electron chi connectivity index (χ2n) is 7.66. The number of imide groups is 1. The van der Waals surface area contributed by atoms with E-state index in [1.165, 1.54) is 0 Å². The number of hydrogen-bond donors (Lipinski definition) is 0. The van der Waals surface area contributed by atoms with Crippen LogP contribution in [0.4, 0.5) is 0 Å². The molecule has 0 spiro atoms. The maximum absolute atomic E-state index is 12.9. The molecule has 0 saturated carbocycles. The number of hydrogen-bond acceptors (Lipinski definition) is 7. The maximum atomic E-state index is 12.9. The molecule has 0 N–H and O–H groups in total. The Morgan fingerprint density at radius 3 is 2.23 bits per heavy atom. The van der Waals surface area contributed by atoms with Gasteiger partial charge in [-0.2, -0.15) is 4.98 Å². The highest BCUT2D eigenvalue weighted by atomic mass is 16.6. The van der Waals surface area contributed by atoms with Crippen LogP contribution in [0.3, 0.4) is 0 Å². The fraction of sp³-hybridized carbons (Fsp3) is 0.261. The van der Waals surface area contributed by atoms with Gasteiger partial charge in [0.1, 0.15) is 6.04 Å². The average Bonchev–Trinajstić information content (AvgIpc) is 3.35. The first-order chi connectivity index (χ1) is 15.0. The van der Waals surface area contributed by atoms with E-state index >= 15 is 0 Å². The average molecular weight is 419 g/mol. The third kappa shape index (κ3) is 4.09. The molecular weight excluding hydrogens is 398 g/mol. The van der Waals surface area contributed by atoms with E-state index < -0.39 is 23.8 Å². The number of rotatable bonds is 7. The van der Waals surface area contributed by atoms with E-state index in [-0.39, 0.29) is 24.8 Å². The van der Waals surface area contributed by atoms with Crippen molar-refractivity contribution in [2.45, 2.75) is 32.9 Å². The number of fused-ring (bicyclic) bond motifs is 1. The lowest BCUT2D eigenvalue weighted by Crippen LogP contribution is -2.46. The van der Waals surface area contributed by atoms with Crippen molar-refractivity contribution in [1.29, 1.82) is 0 Å². The molecule has 8 heteroatoms. The van der Waals surface area contributed by atoms with Crippen LogP contribution in [-0.4, -0.2) is 38.9 Å². The lowest BCUT2D eigenvalue weighted by atomic mass is 10.0. The van der Waals surface area contributed by atoms with Gasteiger partial charge in [0, 0.05) is 5.56 Å². The molecule has 0 saturated heterocycles. The van der Waals surface area contributed by atoms with Gasteiger partial charge in [-0.15, -0.1) is 0 Å². The van der Waals surface area contributed by atoms with Crippen LogP contribution in [-0.2, 0) is 16.1 Å². The molecule has 2 heterocycles. The minimum Gasteiger partial charge on any atom is -0.454 e. The predicted octanol–water partition coefficient (Wildman–Crippen LogP) is 3.49. The van der Waals surface area contributed by atoms with Crippen LogP contribution in [0.5, 0.6) is 0 Å². The number of benzene rings is 2. The van der Waals surface area contributed by atoms with Crippen molar-refractivity contribution in [2.24, 2.45) is 5.92 Å². The summed E-state index contributed by atoms with van der Waals surface area (Å²) in [6, 6.07) is 14.7. The first-order valence-corrected chi connectivity index (χ1v) is 9.97. The minimum absolute atomic E-state index is 0.0509. The second-order valence-corrected chi connectivity index (χ2v) is 7.66. The van der Waals surface area contributed by atoms with E-state index in [2.05, 4.69) is 10.1 Å². The summed E-state index contributed by atoms with van der Waals surface area (Å²) in [4.78, 5) is 43.8. The Morgan fingerprint density at radius 2 is 1.61 bits per heavy atom. The summed E-state index contributed by atoms with van der Waals surface area (Å²) < 4.78 is 10.5. The SMILES string of the molecule is CC(C)C[C@H](C(=O)OCc1nc(-c2ccccc2)no1)N1C(=O)c2ccccc2C1=O. The Morgan fingerprint density at radius 1 is 1.00 bits per heavy atom. The van der Waals surface area contributed by atoms with Gasteiger partial charge >= 0.3 is 5.97 Å². The van der Waals surface area contributed by atoms with Gasteiger partial charge in [-0.1, -0.05) is 61.5 Å². The molecule has 158 valence electrons. The summed E-state index contributed by atoms with van der Waals surface area (Å²) in [5.41, 5.74) is 1.35. The van der Waals surface area contributed by atoms with E-state index in [0.29, 0.717) is 17.0 Å². The second kappa shape index (κ2) is 8.51. The van der Waals surface area contributed by atoms with Gasteiger partial charge in [0.05, 0.1) is 11.1 Å². The number of esters is 1. The molecule has 2 amide bonds. The molecule has 1 atom stereocenters. The molecule has 0 unspecified atom stereocenters. The lowest BCUT2D eigenvalue weighted by Gasteiger charge is -2.25. The lowest BCUT2D eigenvalue weighted by molar-refractivity contribution is -0.151. The number of amides is 2. The van der Waals surface area contributed by atoms with E-state index in [1.54, 1.807) is 24.3 Å². The standard InChI is InChI=1S/C23H21N3O5/c1-14(2)12-18(26-21(27)16-10-6-7-11-17(16)22(26)28)23(29)30-13-19-24-20(25-31-19)15-8-4-3-5-9-15/h3-11,14,18H,12-13H2,1-2H3/t18-/m1/s1. The number of carbonyl (C=O) groups excluding carboxylic acids is 3. The third-order valence-corrected chi connectivity index (χ3v) is 4.94. The molecule has 0 radical (unpaired) electrons. The Labute approximate surface area is 178 Å². The van der Waals surface area contributed by atoms with Crippen LogP contribution in [0.15, 0.2) is 59.1 Å². The largest absolute Gasteiger partial charge is 0.454 e. The van der Waals surface area contributed by atoms with Gasteiger partial charge in [-0.3, -0.25) is 14.5 Å². The van der Waals surface area contributed by atoms with Crippen LogP contribution in [0.2, 0.25) is 0 Å². The molecule has 0 bridgehead atoms. The van der Waals surface area contributed by atoms with E-state index in [0.717, 1.165) is 10.5 Å². The van der Waals surface area contributed by atoms with Crippen molar-refractivity contribution in [3.63, 3.8) is 0 Å². The Hall–Kier alpha value is -3.81. The Bertz CT molecular complexity index is 1090. The Kier molecular flexibility index (Phi) is 5.62. The molecule has 2 aromatic carbocycles. The van der Waals surface area contributed by atoms with Gasteiger partial charge in [-0.05, 0) is 24.5 Å². The van der Waals surface area contributed by atoms with Crippen molar-refractivity contribution in [2.75, 3.05) is 0 Å². The molecule has 0 fully saturated rings. The van der Waals surface area contributed by atoms with Gasteiger partial charge in [0.2, 0.25) is 5.82 Å². The van der Waals surface area contributed by atoms with Gasteiger partial charge in [0.25, 0.3) is 17.7 Å². The summed E-state index contributed by atoms with van der Waals surface area (Å²) in [6.07, 6.45) is 0.281. The normalized spacial score (nSPS) is 14.1. The van der Waals surface area contributed by atoms with Crippen LogP contribution < -0.4 is 0 Å². The van der Waals surface area contributed by atoms with E-state index in [9.17, 15) is 14.4 Å². The van der Waals surface area contributed by atoms with Crippen molar-refractivity contribution in [3.8, 4) is 11.4 Å². The maximum Gasteiger partial charge on any atom is 0.329 e. The van der Waals surface area contributed by atoms with Crippen molar-refractivity contribution >= 4 is 17.8 Å². The first kappa shape index (κ1) is 20.5. The molecule has 0 aliphatic carbocycles. The summed E-state index contributed by atoms with van der Waals surface area (Å²) in [5, 5.41) is 3.89. The minimum atomic E-state index is -1.04. The Balaban J connectivity index is 1.49. The van der Waals surface area contributed by atoms with Crippen LogP contribution in [0.25, 0.3) is 11.4 Å². The molecule has 1 aromatic heterocycles. The quantitative estimate of drug-likeness (QED) is 0.427.